The number of hydrogen-bond acceptors (Lipinski definition) is 5. The average molecular weight is 366 g/mol. The number of hydrogen-bond donors (Lipinski definition) is 1. The van der Waals surface area contributed by atoms with Crippen LogP contribution in [0.2, 0.25) is 15.1 Å². The molecule has 0 saturated heterocycles. The Hall–Kier alpha value is -1.01. The highest BCUT2D eigenvalue weighted by Gasteiger charge is 2.18. The fraction of sp³-hybridized carbons (Fsp3) is 0.231. The largest absolute Gasteiger partial charge is 0.465 e. The Morgan fingerprint density at radius 1 is 1.33 bits per heavy atom. The number of rotatable bonds is 4. The molecule has 0 unspecified atom stereocenters. The number of carbonyl (C=O) groups is 1. The molecule has 8 heteroatoms. The molecular formula is C13H11Cl3N2O2S. The maximum absolute atomic E-state index is 11.7. The minimum Gasteiger partial charge on any atom is -0.465 e. The molecule has 112 valence electrons. The van der Waals surface area contributed by atoms with Gasteiger partial charge in [0, 0.05) is 5.02 Å². The van der Waals surface area contributed by atoms with Crippen molar-refractivity contribution < 1.29 is 9.53 Å². The first kappa shape index (κ1) is 16.4. The number of aromatic nitrogens is 1. The van der Waals surface area contributed by atoms with Crippen LogP contribution in [0.3, 0.4) is 0 Å². The Morgan fingerprint density at radius 2 is 1.95 bits per heavy atom. The minimum atomic E-state index is -0.411. The molecule has 0 fully saturated rings. The van der Waals surface area contributed by atoms with Crippen molar-refractivity contribution in [1.82, 2.24) is 4.98 Å². The number of nitrogens with zero attached hydrogens (tertiary/aromatic N) is 1. The number of thiazole rings is 1. The van der Waals surface area contributed by atoms with Gasteiger partial charge in [0.2, 0.25) is 0 Å². The normalized spacial score (nSPS) is 10.5. The zero-order chi connectivity index (χ0) is 15.6. The van der Waals surface area contributed by atoms with Gasteiger partial charge in [-0.2, -0.15) is 0 Å². The third kappa shape index (κ3) is 3.61. The van der Waals surface area contributed by atoms with E-state index in [1.165, 1.54) is 18.4 Å². The van der Waals surface area contributed by atoms with Crippen molar-refractivity contribution in [1.29, 1.82) is 0 Å². The number of aryl methyl sites for hydroxylation is 1. The molecule has 0 radical (unpaired) electrons. The summed E-state index contributed by atoms with van der Waals surface area (Å²) < 4.78 is 4.74. The van der Waals surface area contributed by atoms with Crippen molar-refractivity contribution in [2.75, 3.05) is 12.4 Å². The van der Waals surface area contributed by atoms with E-state index in [2.05, 4.69) is 10.3 Å². The zero-order valence-corrected chi connectivity index (χ0v) is 14.3. The molecule has 1 aromatic carbocycles. The van der Waals surface area contributed by atoms with Crippen molar-refractivity contribution in [3.8, 4) is 0 Å². The number of halogens is 3. The van der Waals surface area contributed by atoms with Crippen LogP contribution in [0.1, 0.15) is 22.3 Å². The molecule has 4 nitrogen and oxygen atoms in total. The highest BCUT2D eigenvalue weighted by Crippen LogP contribution is 2.37. The lowest BCUT2D eigenvalue weighted by atomic mass is 10.3. The predicted octanol–water partition coefficient (Wildman–Crippen LogP) is 5.20. The molecule has 0 aliphatic heterocycles. The van der Waals surface area contributed by atoms with Gasteiger partial charge >= 0.3 is 5.97 Å². The van der Waals surface area contributed by atoms with Crippen LogP contribution in [0.5, 0.6) is 0 Å². The van der Waals surface area contributed by atoms with Crippen LogP contribution in [-0.4, -0.2) is 18.1 Å². The summed E-state index contributed by atoms with van der Waals surface area (Å²) in [5.74, 6) is -0.411. The number of anilines is 2. The van der Waals surface area contributed by atoms with E-state index in [0.717, 1.165) is 0 Å². The van der Waals surface area contributed by atoms with Crippen LogP contribution < -0.4 is 5.32 Å². The molecule has 0 spiro atoms. The third-order valence-corrected chi connectivity index (χ3v) is 4.45. The number of ether oxygens (including phenoxy) is 1. The van der Waals surface area contributed by atoms with Gasteiger partial charge in [-0.15, -0.1) is 0 Å². The fourth-order valence-electron chi connectivity index (χ4n) is 1.67. The van der Waals surface area contributed by atoms with E-state index >= 15 is 0 Å². The summed E-state index contributed by atoms with van der Waals surface area (Å²) in [6.07, 6.45) is 0.616. The SMILES string of the molecule is CCc1nc(Nc2c(Cl)cc(Cl)cc2Cl)sc1C(=O)OC. The van der Waals surface area contributed by atoms with Gasteiger partial charge in [-0.3, -0.25) is 0 Å². The van der Waals surface area contributed by atoms with Gasteiger partial charge in [0.15, 0.2) is 5.13 Å². The summed E-state index contributed by atoms with van der Waals surface area (Å²) in [4.78, 5) is 16.5. The number of esters is 1. The second-order valence-corrected chi connectivity index (χ2v) is 6.26. The van der Waals surface area contributed by atoms with Crippen molar-refractivity contribution in [2.45, 2.75) is 13.3 Å². The molecule has 0 aliphatic carbocycles. The molecule has 1 heterocycles. The topological polar surface area (TPSA) is 51.2 Å². The number of nitrogens with one attached hydrogen (secondary N) is 1. The third-order valence-electron chi connectivity index (χ3n) is 2.64. The van der Waals surface area contributed by atoms with E-state index in [0.29, 0.717) is 42.9 Å². The predicted molar refractivity (Wildman–Crippen MR) is 87.6 cm³/mol. The van der Waals surface area contributed by atoms with Gasteiger partial charge in [-0.05, 0) is 18.6 Å². The first-order chi connectivity index (χ1) is 9.96. The summed E-state index contributed by atoms with van der Waals surface area (Å²) >= 11 is 19.3. The lowest BCUT2D eigenvalue weighted by molar-refractivity contribution is 0.0605. The van der Waals surface area contributed by atoms with E-state index < -0.39 is 5.97 Å². The Labute approximate surface area is 141 Å². The Kier molecular flexibility index (Phi) is 5.32. The lowest BCUT2D eigenvalue weighted by Crippen LogP contribution is -2.01. The second kappa shape index (κ2) is 6.83. The van der Waals surface area contributed by atoms with Crippen molar-refractivity contribution in [2.24, 2.45) is 0 Å². The summed E-state index contributed by atoms with van der Waals surface area (Å²) in [6, 6.07) is 3.15. The summed E-state index contributed by atoms with van der Waals surface area (Å²) in [5.41, 5.74) is 1.16. The van der Waals surface area contributed by atoms with E-state index in [1.54, 1.807) is 12.1 Å². The highest BCUT2D eigenvalue weighted by atomic mass is 35.5. The van der Waals surface area contributed by atoms with Gasteiger partial charge in [-0.25, -0.2) is 9.78 Å². The molecule has 0 amide bonds. The van der Waals surface area contributed by atoms with Gasteiger partial charge < -0.3 is 10.1 Å². The molecule has 0 aliphatic rings. The molecule has 0 atom stereocenters. The molecule has 1 aromatic heterocycles. The van der Waals surface area contributed by atoms with E-state index in [4.69, 9.17) is 39.5 Å². The number of carbonyl (C=O) groups excluding carboxylic acids is 1. The quantitative estimate of drug-likeness (QED) is 0.757. The Morgan fingerprint density at radius 3 is 2.48 bits per heavy atom. The number of methoxy groups -OCH3 is 1. The van der Waals surface area contributed by atoms with E-state index in [1.807, 2.05) is 6.92 Å². The van der Waals surface area contributed by atoms with Crippen molar-refractivity contribution in [3.63, 3.8) is 0 Å². The molecule has 0 saturated carbocycles. The maximum atomic E-state index is 11.7. The zero-order valence-electron chi connectivity index (χ0n) is 11.2. The van der Waals surface area contributed by atoms with Crippen molar-refractivity contribution >= 4 is 62.9 Å². The first-order valence-corrected chi connectivity index (χ1v) is 7.90. The fourth-order valence-corrected chi connectivity index (χ4v) is 3.55. The molecule has 21 heavy (non-hydrogen) atoms. The molecule has 1 N–H and O–H groups in total. The number of benzene rings is 1. The summed E-state index contributed by atoms with van der Waals surface area (Å²) in [5, 5.41) is 4.73. The average Bonchev–Trinajstić information content (AvgIpc) is 2.85. The Balaban J connectivity index is 2.37. The van der Waals surface area contributed by atoms with Gasteiger partial charge in [0.25, 0.3) is 0 Å². The minimum absolute atomic E-state index is 0.375. The first-order valence-electron chi connectivity index (χ1n) is 5.95. The van der Waals surface area contributed by atoms with Crippen molar-refractivity contribution in [3.05, 3.63) is 37.8 Å². The monoisotopic (exact) mass is 364 g/mol. The highest BCUT2D eigenvalue weighted by molar-refractivity contribution is 7.17. The van der Waals surface area contributed by atoms with Crippen LogP contribution >= 0.6 is 46.1 Å². The van der Waals surface area contributed by atoms with E-state index in [-0.39, 0.29) is 0 Å². The van der Waals surface area contributed by atoms with Gasteiger partial charge in [-0.1, -0.05) is 53.1 Å². The van der Waals surface area contributed by atoms with Crippen LogP contribution in [0.25, 0.3) is 0 Å². The standard InChI is InChI=1S/C13H11Cl3N2O2S/c1-3-9-11(12(19)20-2)21-13(17-9)18-10-7(15)4-6(14)5-8(10)16/h4-5H,3H2,1-2H3,(H,17,18). The molecule has 2 rings (SSSR count). The van der Waals surface area contributed by atoms with E-state index in [9.17, 15) is 4.79 Å². The van der Waals surface area contributed by atoms with Gasteiger partial charge in [0.1, 0.15) is 4.88 Å². The smallest absolute Gasteiger partial charge is 0.350 e. The Bertz CT molecular complexity index is 665. The summed E-state index contributed by atoms with van der Waals surface area (Å²) in [6.45, 7) is 1.91. The van der Waals surface area contributed by atoms with Crippen LogP contribution in [0, 0.1) is 0 Å². The van der Waals surface area contributed by atoms with Crippen LogP contribution in [0.4, 0.5) is 10.8 Å². The molecular weight excluding hydrogens is 355 g/mol. The summed E-state index contributed by atoms with van der Waals surface area (Å²) in [7, 11) is 1.33. The second-order valence-electron chi connectivity index (χ2n) is 4.01. The molecule has 2 aromatic rings. The lowest BCUT2D eigenvalue weighted by Gasteiger charge is -2.08. The van der Waals surface area contributed by atoms with Crippen LogP contribution in [0.15, 0.2) is 12.1 Å². The molecule has 0 bridgehead atoms. The van der Waals surface area contributed by atoms with Crippen LogP contribution in [-0.2, 0) is 11.2 Å². The maximum Gasteiger partial charge on any atom is 0.350 e. The van der Waals surface area contributed by atoms with Gasteiger partial charge in [0.05, 0.1) is 28.5 Å².